The van der Waals surface area contributed by atoms with E-state index in [1.165, 1.54) is 0 Å². The van der Waals surface area contributed by atoms with Crippen molar-refractivity contribution in [3.63, 3.8) is 0 Å². The second kappa shape index (κ2) is 4.45. The van der Waals surface area contributed by atoms with Crippen LogP contribution in [0.15, 0.2) is 0 Å². The van der Waals surface area contributed by atoms with E-state index in [0.29, 0.717) is 6.54 Å². The van der Waals surface area contributed by atoms with Gasteiger partial charge in [0.05, 0.1) is 12.1 Å². The predicted octanol–water partition coefficient (Wildman–Crippen LogP) is 0.0671. The van der Waals surface area contributed by atoms with Crippen molar-refractivity contribution in [2.24, 2.45) is 5.73 Å². The lowest BCUT2D eigenvalue weighted by Gasteiger charge is -2.21. The molecule has 72 valence electrons. The van der Waals surface area contributed by atoms with Crippen molar-refractivity contribution in [2.45, 2.75) is 24.3 Å². The number of nitrogens with two attached hydrogens (primary N) is 1. The molecule has 0 aromatic heterocycles. The van der Waals surface area contributed by atoms with E-state index < -0.39 is 5.38 Å². The molecule has 0 saturated carbocycles. The first kappa shape index (κ1) is 10.3. The van der Waals surface area contributed by atoms with Gasteiger partial charge < -0.3 is 5.73 Å². The summed E-state index contributed by atoms with van der Waals surface area (Å²) in [6.07, 6.45) is 1.73. The molecule has 2 unspecified atom stereocenters. The first-order chi connectivity index (χ1) is 6.15. The number of hydrogen-bond acceptors (Lipinski definition) is 3. The molecule has 5 heteroatoms. The first-order valence-corrected chi connectivity index (χ1v) is 4.66. The Bertz CT molecular complexity index is 238. The van der Waals surface area contributed by atoms with E-state index in [9.17, 15) is 4.79 Å². The maximum absolute atomic E-state index is 10.9. The highest BCUT2D eigenvalue weighted by molar-refractivity contribution is 6.22. The molecule has 0 radical (unpaired) electrons. The molecule has 0 aromatic rings. The quantitative estimate of drug-likeness (QED) is 0.657. The number of carbonyl (C=O) groups is 1. The summed E-state index contributed by atoms with van der Waals surface area (Å²) >= 11 is 5.66. The van der Waals surface area contributed by atoms with E-state index >= 15 is 0 Å². The summed E-state index contributed by atoms with van der Waals surface area (Å²) < 4.78 is 0. The van der Waals surface area contributed by atoms with Gasteiger partial charge in [0.25, 0.3) is 0 Å². The lowest BCUT2D eigenvalue weighted by atomic mass is 10.2. The summed E-state index contributed by atoms with van der Waals surface area (Å²) in [6, 6.07) is 1.70. The summed E-state index contributed by atoms with van der Waals surface area (Å²) in [6.45, 7) is 1.23. The van der Waals surface area contributed by atoms with Gasteiger partial charge in [0.2, 0.25) is 5.91 Å². The van der Waals surface area contributed by atoms with Crippen LogP contribution in [0.4, 0.5) is 0 Å². The van der Waals surface area contributed by atoms with Gasteiger partial charge in [-0.05, 0) is 19.4 Å². The zero-order chi connectivity index (χ0) is 9.84. The lowest BCUT2D eigenvalue weighted by Crippen LogP contribution is -2.42. The number of rotatable bonds is 3. The van der Waals surface area contributed by atoms with Crippen molar-refractivity contribution in [3.05, 3.63) is 0 Å². The van der Waals surface area contributed by atoms with Crippen molar-refractivity contribution in [1.82, 2.24) is 4.90 Å². The van der Waals surface area contributed by atoms with Gasteiger partial charge in [-0.1, -0.05) is 0 Å². The van der Waals surface area contributed by atoms with Crippen LogP contribution in [-0.2, 0) is 4.79 Å². The maximum atomic E-state index is 10.9. The minimum atomic E-state index is -0.556. The summed E-state index contributed by atoms with van der Waals surface area (Å²) in [5.74, 6) is -0.320. The second-order valence-electron chi connectivity index (χ2n) is 3.15. The molecule has 1 saturated heterocycles. The SMILES string of the molecule is N#CC(Cl)CN1CCCC1C(N)=O. The van der Waals surface area contributed by atoms with Crippen LogP contribution >= 0.6 is 11.6 Å². The molecule has 2 atom stereocenters. The normalized spacial score (nSPS) is 25.4. The van der Waals surface area contributed by atoms with Crippen molar-refractivity contribution < 1.29 is 4.79 Å². The number of alkyl halides is 1. The Morgan fingerprint density at radius 2 is 2.54 bits per heavy atom. The van der Waals surface area contributed by atoms with Gasteiger partial charge in [-0.3, -0.25) is 9.69 Å². The standard InChI is InChI=1S/C8H12ClN3O/c9-6(4-10)5-12-3-1-2-7(12)8(11)13/h6-7H,1-3,5H2,(H2,11,13). The molecule has 0 bridgehead atoms. The number of nitriles is 1. The van der Waals surface area contributed by atoms with Gasteiger partial charge in [0, 0.05) is 6.54 Å². The molecule has 1 aliphatic rings. The zero-order valence-corrected chi connectivity index (χ0v) is 8.00. The third-order valence-electron chi connectivity index (χ3n) is 2.23. The number of amides is 1. The third-order valence-corrected chi connectivity index (χ3v) is 2.46. The van der Waals surface area contributed by atoms with Crippen molar-refractivity contribution in [1.29, 1.82) is 5.26 Å². The molecule has 4 nitrogen and oxygen atoms in total. The first-order valence-electron chi connectivity index (χ1n) is 4.22. The average molecular weight is 202 g/mol. The molecule has 0 aliphatic carbocycles. The molecule has 1 fully saturated rings. The molecule has 13 heavy (non-hydrogen) atoms. The van der Waals surface area contributed by atoms with E-state index in [-0.39, 0.29) is 11.9 Å². The second-order valence-corrected chi connectivity index (χ2v) is 3.68. The van der Waals surface area contributed by atoms with Crippen molar-refractivity contribution in [2.75, 3.05) is 13.1 Å². The van der Waals surface area contributed by atoms with Gasteiger partial charge in [-0.25, -0.2) is 0 Å². The fourth-order valence-corrected chi connectivity index (χ4v) is 1.79. The Kier molecular flexibility index (Phi) is 3.52. The molecule has 1 amide bonds. The number of nitrogens with zero attached hydrogens (tertiary/aromatic N) is 2. The van der Waals surface area contributed by atoms with E-state index in [0.717, 1.165) is 19.4 Å². The highest BCUT2D eigenvalue weighted by Gasteiger charge is 2.29. The monoisotopic (exact) mass is 201 g/mol. The fourth-order valence-electron chi connectivity index (χ4n) is 1.61. The molecule has 0 spiro atoms. The van der Waals surface area contributed by atoms with Crippen LogP contribution in [0.2, 0.25) is 0 Å². The fraction of sp³-hybridized carbons (Fsp3) is 0.750. The predicted molar refractivity (Wildman–Crippen MR) is 49.0 cm³/mol. The summed E-state index contributed by atoms with van der Waals surface area (Å²) in [5.41, 5.74) is 5.20. The van der Waals surface area contributed by atoms with Crippen LogP contribution in [-0.4, -0.2) is 35.3 Å². The molecule has 0 aromatic carbocycles. The highest BCUT2D eigenvalue weighted by Crippen LogP contribution is 2.17. The van der Waals surface area contributed by atoms with Crippen LogP contribution in [0.1, 0.15) is 12.8 Å². The van der Waals surface area contributed by atoms with Gasteiger partial charge in [-0.2, -0.15) is 5.26 Å². The van der Waals surface area contributed by atoms with Crippen molar-refractivity contribution in [3.8, 4) is 6.07 Å². The Labute approximate surface area is 82.2 Å². The largest absolute Gasteiger partial charge is 0.368 e. The summed E-state index contributed by atoms with van der Waals surface area (Å²) in [5, 5.41) is 7.94. The van der Waals surface area contributed by atoms with Crippen LogP contribution in [0.5, 0.6) is 0 Å². The highest BCUT2D eigenvalue weighted by atomic mass is 35.5. The minimum Gasteiger partial charge on any atom is -0.368 e. The molecule has 1 rings (SSSR count). The van der Waals surface area contributed by atoms with E-state index in [2.05, 4.69) is 0 Å². The third kappa shape index (κ3) is 2.58. The van der Waals surface area contributed by atoms with Gasteiger partial charge in [-0.15, -0.1) is 11.6 Å². The summed E-state index contributed by atoms with van der Waals surface area (Å²) in [4.78, 5) is 12.8. The summed E-state index contributed by atoms with van der Waals surface area (Å²) in [7, 11) is 0. The van der Waals surface area contributed by atoms with Crippen LogP contribution in [0.25, 0.3) is 0 Å². The maximum Gasteiger partial charge on any atom is 0.234 e. The van der Waals surface area contributed by atoms with Crippen LogP contribution in [0.3, 0.4) is 0 Å². The molecule has 1 aliphatic heterocycles. The van der Waals surface area contributed by atoms with Crippen molar-refractivity contribution >= 4 is 17.5 Å². The molecular weight excluding hydrogens is 190 g/mol. The molecule has 1 heterocycles. The minimum absolute atomic E-state index is 0.227. The smallest absolute Gasteiger partial charge is 0.234 e. The van der Waals surface area contributed by atoms with E-state index in [1.54, 1.807) is 0 Å². The Morgan fingerprint density at radius 1 is 1.85 bits per heavy atom. The van der Waals surface area contributed by atoms with Gasteiger partial charge in [0.15, 0.2) is 0 Å². The number of carbonyl (C=O) groups excluding carboxylic acids is 1. The Balaban J connectivity index is 2.50. The lowest BCUT2D eigenvalue weighted by molar-refractivity contribution is -0.122. The average Bonchev–Trinajstić information content (AvgIpc) is 2.52. The molecule has 2 N–H and O–H groups in total. The number of likely N-dealkylation sites (tertiary alicyclic amines) is 1. The van der Waals surface area contributed by atoms with Crippen LogP contribution in [0, 0.1) is 11.3 Å². The Hall–Kier alpha value is -0.790. The van der Waals surface area contributed by atoms with E-state index in [1.807, 2.05) is 11.0 Å². The topological polar surface area (TPSA) is 70.1 Å². The number of halogens is 1. The Morgan fingerprint density at radius 3 is 3.08 bits per heavy atom. The zero-order valence-electron chi connectivity index (χ0n) is 7.24. The number of hydrogen-bond donors (Lipinski definition) is 1. The van der Waals surface area contributed by atoms with Crippen LogP contribution < -0.4 is 5.73 Å². The number of primary amides is 1. The van der Waals surface area contributed by atoms with E-state index in [4.69, 9.17) is 22.6 Å². The van der Waals surface area contributed by atoms with Gasteiger partial charge >= 0.3 is 0 Å². The molecular formula is C8H12ClN3O. The van der Waals surface area contributed by atoms with Gasteiger partial charge in [0.1, 0.15) is 5.38 Å².